The van der Waals surface area contributed by atoms with Gasteiger partial charge in [-0.15, -0.1) is 0 Å². The number of cyclic esters (lactones) is 1. The highest BCUT2D eigenvalue weighted by atomic mass is 16.8. The maximum absolute atomic E-state index is 12.4. The highest BCUT2D eigenvalue weighted by molar-refractivity contribution is 5.70. The molecule has 0 radical (unpaired) electrons. The normalized spacial score (nSPS) is 24.9. The Bertz CT molecular complexity index is 781. The number of carbonyl (C=O) groups excluding carboxylic acids is 1. The highest BCUT2D eigenvalue weighted by Gasteiger charge is 2.49. The molecule has 2 aliphatic heterocycles. The van der Waals surface area contributed by atoms with Crippen molar-refractivity contribution in [2.24, 2.45) is 0 Å². The van der Waals surface area contributed by atoms with E-state index in [1.165, 1.54) is 51.4 Å². The quantitative estimate of drug-likeness (QED) is 0.230. The minimum atomic E-state index is -0.922. The second-order valence-electron chi connectivity index (χ2n) is 10.4. The molecule has 0 bridgehead atoms. The van der Waals surface area contributed by atoms with Gasteiger partial charge in [-0.2, -0.15) is 0 Å². The number of benzene rings is 1. The van der Waals surface area contributed by atoms with E-state index in [0.717, 1.165) is 18.4 Å². The summed E-state index contributed by atoms with van der Waals surface area (Å²) in [7, 11) is 0. The molecule has 196 valence electrons. The molecule has 35 heavy (non-hydrogen) atoms. The number of hydrogen-bond acceptors (Lipinski definition) is 5. The fourth-order valence-corrected chi connectivity index (χ4v) is 4.96. The van der Waals surface area contributed by atoms with Gasteiger partial charge in [0.1, 0.15) is 24.9 Å². The lowest BCUT2D eigenvalue weighted by Crippen LogP contribution is -2.50. The van der Waals surface area contributed by atoms with Gasteiger partial charge >= 0.3 is 6.09 Å². The van der Waals surface area contributed by atoms with Crippen LogP contribution in [0.25, 0.3) is 0 Å². The van der Waals surface area contributed by atoms with E-state index in [4.69, 9.17) is 14.2 Å². The summed E-state index contributed by atoms with van der Waals surface area (Å²) in [6.07, 6.45) is 14.7. The Balaban J connectivity index is 1.48. The summed E-state index contributed by atoms with van der Waals surface area (Å²) in [6.45, 7) is 6.50. The number of allylic oxidation sites excluding steroid dienone is 1. The van der Waals surface area contributed by atoms with Crippen molar-refractivity contribution >= 4 is 6.09 Å². The minimum Gasteiger partial charge on any atom is -0.447 e. The molecule has 6 heteroatoms. The molecular formula is C29H45NO5. The Hall–Kier alpha value is -1.89. The zero-order valence-electron chi connectivity index (χ0n) is 21.9. The topological polar surface area (TPSA) is 68.2 Å². The van der Waals surface area contributed by atoms with Gasteiger partial charge in [-0.3, -0.25) is 4.90 Å². The van der Waals surface area contributed by atoms with Crippen LogP contribution in [-0.2, 0) is 20.8 Å². The standard InChI is InChI=1S/C29H45NO5/c1-4-5-6-7-8-9-10-11-12-13-17-20-25-27(35-29(2,3)34-25)26(31)24-22-33-28(32)30(24)21-23-18-15-14-16-19-23/h14-20,24-27,31H,4-13,21-22H2,1-3H3/b20-17-/t24-,25+,26-,27+/m0/s1. The van der Waals surface area contributed by atoms with Crippen molar-refractivity contribution in [2.75, 3.05) is 6.61 Å². The third kappa shape index (κ3) is 8.62. The molecule has 0 aliphatic carbocycles. The Morgan fingerprint density at radius 3 is 2.37 bits per heavy atom. The van der Waals surface area contributed by atoms with Crippen LogP contribution in [0.15, 0.2) is 42.5 Å². The number of amides is 1. The van der Waals surface area contributed by atoms with Crippen LogP contribution in [0.3, 0.4) is 0 Å². The fraction of sp³-hybridized carbons (Fsp3) is 0.690. The second-order valence-corrected chi connectivity index (χ2v) is 10.4. The molecule has 0 spiro atoms. The van der Waals surface area contributed by atoms with Gasteiger partial charge in [-0.25, -0.2) is 4.79 Å². The molecular weight excluding hydrogens is 442 g/mol. The average molecular weight is 488 g/mol. The maximum atomic E-state index is 12.4. The first-order valence-corrected chi connectivity index (χ1v) is 13.6. The molecule has 2 aliphatic rings. The number of carbonyl (C=O) groups is 1. The largest absolute Gasteiger partial charge is 0.447 e. The van der Waals surface area contributed by atoms with Crippen LogP contribution in [0, 0.1) is 0 Å². The first kappa shape index (κ1) is 27.7. The molecule has 1 amide bonds. The SMILES string of the molecule is CCCCCCCCCCC/C=C\[C@H]1OC(C)(C)O[C@H]1[C@@H](O)[C@@H]1COC(=O)N1Cc1ccccc1. The summed E-state index contributed by atoms with van der Waals surface area (Å²) in [5, 5.41) is 11.3. The summed E-state index contributed by atoms with van der Waals surface area (Å²) < 4.78 is 17.5. The van der Waals surface area contributed by atoms with E-state index in [9.17, 15) is 9.90 Å². The van der Waals surface area contributed by atoms with Crippen LogP contribution >= 0.6 is 0 Å². The molecule has 6 nitrogen and oxygen atoms in total. The van der Waals surface area contributed by atoms with Gasteiger partial charge in [0.25, 0.3) is 0 Å². The molecule has 2 saturated heterocycles. The number of rotatable bonds is 15. The van der Waals surface area contributed by atoms with E-state index < -0.39 is 30.1 Å². The van der Waals surface area contributed by atoms with E-state index in [1.807, 2.05) is 50.3 Å². The van der Waals surface area contributed by atoms with Gasteiger partial charge in [0.05, 0.1) is 6.04 Å². The predicted octanol–water partition coefficient (Wildman–Crippen LogP) is 6.37. The molecule has 0 aromatic heterocycles. The Morgan fingerprint density at radius 1 is 1.03 bits per heavy atom. The molecule has 1 aromatic rings. The van der Waals surface area contributed by atoms with Crippen LogP contribution < -0.4 is 0 Å². The first-order valence-electron chi connectivity index (χ1n) is 13.6. The van der Waals surface area contributed by atoms with Gasteiger partial charge in [0.15, 0.2) is 5.79 Å². The van der Waals surface area contributed by atoms with Crippen molar-refractivity contribution in [3.05, 3.63) is 48.0 Å². The van der Waals surface area contributed by atoms with Crippen LogP contribution in [0.4, 0.5) is 4.79 Å². The van der Waals surface area contributed by atoms with E-state index in [0.29, 0.717) is 6.54 Å². The summed E-state index contributed by atoms with van der Waals surface area (Å²) in [5.41, 5.74) is 0.991. The van der Waals surface area contributed by atoms with Crippen molar-refractivity contribution in [2.45, 2.75) is 122 Å². The number of nitrogens with zero attached hydrogens (tertiary/aromatic N) is 1. The average Bonchev–Trinajstić information content (AvgIpc) is 3.36. The number of aliphatic hydroxyl groups is 1. The zero-order chi connectivity index (χ0) is 25.1. The Kier molecular flexibility index (Phi) is 11.1. The number of hydrogen-bond donors (Lipinski definition) is 1. The van der Waals surface area contributed by atoms with Gasteiger partial charge in [0.2, 0.25) is 0 Å². The van der Waals surface area contributed by atoms with E-state index in [2.05, 4.69) is 13.0 Å². The zero-order valence-corrected chi connectivity index (χ0v) is 21.9. The van der Waals surface area contributed by atoms with Crippen LogP contribution in [0.1, 0.15) is 90.5 Å². The predicted molar refractivity (Wildman–Crippen MR) is 138 cm³/mol. The number of ether oxygens (including phenoxy) is 3. The van der Waals surface area contributed by atoms with E-state index in [1.54, 1.807) is 4.90 Å². The van der Waals surface area contributed by atoms with Crippen LogP contribution in [-0.4, -0.2) is 52.8 Å². The van der Waals surface area contributed by atoms with Gasteiger partial charge in [0, 0.05) is 6.54 Å². The van der Waals surface area contributed by atoms with Crippen molar-refractivity contribution in [1.82, 2.24) is 4.90 Å². The van der Waals surface area contributed by atoms with E-state index >= 15 is 0 Å². The molecule has 2 fully saturated rings. The molecule has 2 heterocycles. The Morgan fingerprint density at radius 2 is 1.69 bits per heavy atom. The number of aliphatic hydroxyl groups excluding tert-OH is 1. The monoisotopic (exact) mass is 487 g/mol. The molecule has 0 saturated carbocycles. The molecule has 4 atom stereocenters. The van der Waals surface area contributed by atoms with E-state index in [-0.39, 0.29) is 12.7 Å². The van der Waals surface area contributed by atoms with Crippen molar-refractivity contribution in [3.63, 3.8) is 0 Å². The van der Waals surface area contributed by atoms with Crippen molar-refractivity contribution in [3.8, 4) is 0 Å². The smallest absolute Gasteiger partial charge is 0.410 e. The summed E-state index contributed by atoms with van der Waals surface area (Å²) in [4.78, 5) is 14.0. The lowest BCUT2D eigenvalue weighted by molar-refractivity contribution is -0.157. The highest BCUT2D eigenvalue weighted by Crippen LogP contribution is 2.34. The summed E-state index contributed by atoms with van der Waals surface area (Å²) >= 11 is 0. The summed E-state index contributed by atoms with van der Waals surface area (Å²) in [6, 6.07) is 9.25. The summed E-state index contributed by atoms with van der Waals surface area (Å²) in [5.74, 6) is -0.799. The van der Waals surface area contributed by atoms with Crippen LogP contribution in [0.5, 0.6) is 0 Å². The van der Waals surface area contributed by atoms with Gasteiger partial charge in [-0.05, 0) is 32.3 Å². The molecule has 3 rings (SSSR count). The minimum absolute atomic E-state index is 0.141. The van der Waals surface area contributed by atoms with Gasteiger partial charge < -0.3 is 19.3 Å². The fourth-order valence-electron chi connectivity index (χ4n) is 4.96. The Labute approximate surface area is 211 Å². The van der Waals surface area contributed by atoms with Crippen molar-refractivity contribution in [1.29, 1.82) is 0 Å². The molecule has 0 unspecified atom stereocenters. The van der Waals surface area contributed by atoms with Crippen molar-refractivity contribution < 1.29 is 24.1 Å². The van der Waals surface area contributed by atoms with Gasteiger partial charge in [-0.1, -0.05) is 101 Å². The lowest BCUT2D eigenvalue weighted by atomic mass is 9.99. The second kappa shape index (κ2) is 14.0. The third-order valence-electron chi connectivity index (χ3n) is 6.90. The van der Waals surface area contributed by atoms with Crippen LogP contribution in [0.2, 0.25) is 0 Å². The first-order chi connectivity index (χ1) is 16.9. The molecule has 1 aromatic carbocycles. The number of unbranched alkanes of at least 4 members (excludes halogenated alkanes) is 9. The lowest BCUT2D eigenvalue weighted by Gasteiger charge is -2.30. The molecule has 1 N–H and O–H groups in total. The maximum Gasteiger partial charge on any atom is 0.410 e. The third-order valence-corrected chi connectivity index (χ3v) is 6.90.